The minimum absolute atomic E-state index is 0.0684. The molecule has 1 aromatic carbocycles. The second-order valence-corrected chi connectivity index (χ2v) is 6.76. The lowest BCUT2D eigenvalue weighted by Crippen LogP contribution is -2.40. The number of ether oxygens (including phenoxy) is 1. The predicted molar refractivity (Wildman–Crippen MR) is 94.9 cm³/mol. The zero-order valence-electron chi connectivity index (χ0n) is 13.4. The highest BCUT2D eigenvalue weighted by atomic mass is 32.1. The Hall–Kier alpha value is -2.02. The first-order chi connectivity index (χ1) is 11.9. The van der Waals surface area contributed by atoms with E-state index in [2.05, 4.69) is 27.5 Å². The molecule has 1 unspecified atom stereocenters. The third-order valence-corrected chi connectivity index (χ3v) is 5.16. The Kier molecular flexibility index (Phi) is 4.69. The molecule has 4 rings (SSSR count). The van der Waals surface area contributed by atoms with E-state index >= 15 is 0 Å². The lowest BCUT2D eigenvalue weighted by atomic mass is 10.2. The van der Waals surface area contributed by atoms with E-state index in [1.807, 2.05) is 41.3 Å². The minimum Gasteiger partial charge on any atom is -0.368 e. The Balaban J connectivity index is 1.40. The number of hydrogen-bond acceptors (Lipinski definition) is 5. The first kappa shape index (κ1) is 15.5. The molecule has 5 nitrogen and oxygen atoms in total. The smallest absolute Gasteiger partial charge is 0.124 e. The van der Waals surface area contributed by atoms with Gasteiger partial charge in [-0.2, -0.15) is 5.10 Å². The van der Waals surface area contributed by atoms with E-state index in [4.69, 9.17) is 9.72 Å². The van der Waals surface area contributed by atoms with Crippen molar-refractivity contribution in [1.29, 1.82) is 0 Å². The van der Waals surface area contributed by atoms with Crippen LogP contribution in [0.15, 0.2) is 54.2 Å². The summed E-state index contributed by atoms with van der Waals surface area (Å²) in [4.78, 5) is 7.23. The molecule has 124 valence electrons. The van der Waals surface area contributed by atoms with Gasteiger partial charge in [0.1, 0.15) is 11.1 Å². The summed E-state index contributed by atoms with van der Waals surface area (Å²) in [5.74, 6) is 0. The van der Waals surface area contributed by atoms with Gasteiger partial charge in [0.05, 0.1) is 18.8 Å². The molecule has 0 saturated carbocycles. The number of hydrogen-bond donors (Lipinski definition) is 0. The lowest BCUT2D eigenvalue weighted by molar-refractivity contribution is -0.0311. The molecule has 1 atom stereocenters. The number of benzene rings is 1. The highest BCUT2D eigenvalue weighted by Gasteiger charge is 2.24. The van der Waals surface area contributed by atoms with Crippen molar-refractivity contribution >= 4 is 11.3 Å². The Morgan fingerprint density at radius 3 is 2.92 bits per heavy atom. The molecule has 0 aliphatic carbocycles. The van der Waals surface area contributed by atoms with Gasteiger partial charge < -0.3 is 4.74 Å². The van der Waals surface area contributed by atoms with Crippen molar-refractivity contribution in [2.24, 2.45) is 0 Å². The third kappa shape index (κ3) is 3.56. The summed E-state index contributed by atoms with van der Waals surface area (Å²) >= 11 is 1.69. The SMILES string of the molecule is c1ccc(-c2csc(C3CN(CCn4cccn4)CCO3)n2)cc1. The summed E-state index contributed by atoms with van der Waals surface area (Å²) in [5.41, 5.74) is 2.19. The van der Waals surface area contributed by atoms with Crippen LogP contribution in [0.5, 0.6) is 0 Å². The maximum absolute atomic E-state index is 5.96. The Morgan fingerprint density at radius 1 is 1.17 bits per heavy atom. The molecule has 24 heavy (non-hydrogen) atoms. The fourth-order valence-electron chi connectivity index (χ4n) is 2.91. The molecule has 0 N–H and O–H groups in total. The second-order valence-electron chi connectivity index (χ2n) is 5.87. The van der Waals surface area contributed by atoms with Gasteiger partial charge in [-0.25, -0.2) is 4.98 Å². The molecule has 2 aromatic heterocycles. The van der Waals surface area contributed by atoms with E-state index in [9.17, 15) is 0 Å². The van der Waals surface area contributed by atoms with Crippen LogP contribution in [0, 0.1) is 0 Å². The average molecular weight is 340 g/mol. The predicted octanol–water partition coefficient (Wildman–Crippen LogP) is 3.08. The molecule has 1 saturated heterocycles. The molecular weight excluding hydrogens is 320 g/mol. The standard InChI is InChI=1S/C18H20N4OS/c1-2-5-15(6-3-1)16-14-24-18(20-16)17-13-21(11-12-23-17)9-10-22-8-4-7-19-22/h1-8,14,17H,9-13H2. The van der Waals surface area contributed by atoms with Crippen molar-refractivity contribution in [2.45, 2.75) is 12.6 Å². The zero-order valence-corrected chi connectivity index (χ0v) is 14.2. The Morgan fingerprint density at radius 2 is 2.08 bits per heavy atom. The molecule has 3 aromatic rings. The maximum atomic E-state index is 5.96. The second kappa shape index (κ2) is 7.25. The van der Waals surface area contributed by atoms with E-state index < -0.39 is 0 Å². The van der Waals surface area contributed by atoms with Gasteiger partial charge in [-0.3, -0.25) is 9.58 Å². The average Bonchev–Trinajstić information content (AvgIpc) is 3.33. The van der Waals surface area contributed by atoms with Crippen molar-refractivity contribution in [1.82, 2.24) is 19.7 Å². The van der Waals surface area contributed by atoms with Crippen molar-refractivity contribution in [3.05, 3.63) is 59.2 Å². The van der Waals surface area contributed by atoms with Crippen LogP contribution in [0.3, 0.4) is 0 Å². The summed E-state index contributed by atoms with van der Waals surface area (Å²) in [6.45, 7) is 4.51. The molecule has 6 heteroatoms. The van der Waals surface area contributed by atoms with Crippen LogP contribution in [-0.4, -0.2) is 45.9 Å². The van der Waals surface area contributed by atoms with Gasteiger partial charge in [0, 0.05) is 43.0 Å². The van der Waals surface area contributed by atoms with Crippen LogP contribution in [0.1, 0.15) is 11.1 Å². The quantitative estimate of drug-likeness (QED) is 0.716. The van der Waals surface area contributed by atoms with Gasteiger partial charge in [-0.15, -0.1) is 11.3 Å². The molecule has 1 aliphatic rings. The van der Waals surface area contributed by atoms with Crippen LogP contribution in [0.4, 0.5) is 0 Å². The normalized spacial score (nSPS) is 18.8. The van der Waals surface area contributed by atoms with Crippen molar-refractivity contribution in [3.8, 4) is 11.3 Å². The molecule has 0 spiro atoms. The van der Waals surface area contributed by atoms with Crippen molar-refractivity contribution < 1.29 is 4.74 Å². The van der Waals surface area contributed by atoms with E-state index in [1.165, 1.54) is 0 Å². The molecule has 0 radical (unpaired) electrons. The Labute approximate surface area is 145 Å². The van der Waals surface area contributed by atoms with E-state index in [0.29, 0.717) is 0 Å². The van der Waals surface area contributed by atoms with E-state index in [-0.39, 0.29) is 6.10 Å². The monoisotopic (exact) mass is 340 g/mol. The lowest BCUT2D eigenvalue weighted by Gasteiger charge is -2.31. The number of aromatic nitrogens is 3. The van der Waals surface area contributed by atoms with Crippen LogP contribution >= 0.6 is 11.3 Å². The molecule has 0 bridgehead atoms. The summed E-state index contributed by atoms with van der Waals surface area (Å²) < 4.78 is 7.94. The largest absolute Gasteiger partial charge is 0.368 e. The third-order valence-electron chi connectivity index (χ3n) is 4.22. The fourth-order valence-corrected chi connectivity index (χ4v) is 3.78. The number of thiazole rings is 1. The summed E-state index contributed by atoms with van der Waals surface area (Å²) in [7, 11) is 0. The topological polar surface area (TPSA) is 43.2 Å². The van der Waals surface area contributed by atoms with Crippen molar-refractivity contribution in [2.75, 3.05) is 26.2 Å². The van der Waals surface area contributed by atoms with Gasteiger partial charge in [0.25, 0.3) is 0 Å². The van der Waals surface area contributed by atoms with Crippen LogP contribution in [0.2, 0.25) is 0 Å². The van der Waals surface area contributed by atoms with Gasteiger partial charge in [0.2, 0.25) is 0 Å². The van der Waals surface area contributed by atoms with Crippen LogP contribution < -0.4 is 0 Å². The molecule has 0 amide bonds. The molecular formula is C18H20N4OS. The van der Waals surface area contributed by atoms with Gasteiger partial charge in [0.15, 0.2) is 0 Å². The van der Waals surface area contributed by atoms with E-state index in [1.54, 1.807) is 11.3 Å². The van der Waals surface area contributed by atoms with Crippen molar-refractivity contribution in [3.63, 3.8) is 0 Å². The summed E-state index contributed by atoms with van der Waals surface area (Å²) in [6, 6.07) is 12.3. The first-order valence-electron chi connectivity index (χ1n) is 8.21. The number of nitrogens with zero attached hydrogens (tertiary/aromatic N) is 4. The van der Waals surface area contributed by atoms with Gasteiger partial charge >= 0.3 is 0 Å². The van der Waals surface area contributed by atoms with Crippen LogP contribution in [0.25, 0.3) is 11.3 Å². The minimum atomic E-state index is 0.0684. The summed E-state index contributed by atoms with van der Waals surface area (Å²) in [6.07, 6.45) is 3.90. The van der Waals surface area contributed by atoms with E-state index in [0.717, 1.165) is 49.1 Å². The molecule has 3 heterocycles. The summed E-state index contributed by atoms with van der Waals surface area (Å²) in [5, 5.41) is 7.45. The maximum Gasteiger partial charge on any atom is 0.124 e. The highest BCUT2D eigenvalue weighted by molar-refractivity contribution is 7.10. The molecule has 1 fully saturated rings. The zero-order chi connectivity index (χ0) is 16.2. The van der Waals surface area contributed by atoms with Gasteiger partial charge in [-0.05, 0) is 6.07 Å². The molecule has 1 aliphatic heterocycles. The first-order valence-corrected chi connectivity index (χ1v) is 9.09. The fraction of sp³-hybridized carbons (Fsp3) is 0.333. The highest BCUT2D eigenvalue weighted by Crippen LogP contribution is 2.29. The Bertz CT molecular complexity index is 756. The van der Waals surface area contributed by atoms with Crippen LogP contribution in [-0.2, 0) is 11.3 Å². The number of rotatable bonds is 5. The van der Waals surface area contributed by atoms with Gasteiger partial charge in [-0.1, -0.05) is 30.3 Å². The number of morpholine rings is 1.